The summed E-state index contributed by atoms with van der Waals surface area (Å²) in [7, 11) is 1.73. The third kappa shape index (κ3) is 6.13. The second kappa shape index (κ2) is 6.46. The Bertz CT molecular complexity index is 180. The SMILES string of the molecule is CCCC(=O)N(C)CCCC([NH])=O. The molecule has 0 aromatic heterocycles. The quantitative estimate of drug-likeness (QED) is 0.615. The Balaban J connectivity index is 3.55. The minimum absolute atomic E-state index is 0.111. The summed E-state index contributed by atoms with van der Waals surface area (Å²) >= 11 is 0. The molecule has 75 valence electrons. The predicted molar refractivity (Wildman–Crippen MR) is 49.9 cm³/mol. The fourth-order valence-electron chi connectivity index (χ4n) is 1.01. The summed E-state index contributed by atoms with van der Waals surface area (Å²) in [6, 6.07) is 0. The van der Waals surface area contributed by atoms with Gasteiger partial charge in [-0.25, -0.2) is 0 Å². The van der Waals surface area contributed by atoms with Crippen molar-refractivity contribution in [2.75, 3.05) is 13.6 Å². The van der Waals surface area contributed by atoms with E-state index in [2.05, 4.69) is 0 Å². The number of nitrogens with zero attached hydrogens (tertiary/aromatic N) is 1. The molecule has 1 radical (unpaired) electrons. The first-order valence-electron chi connectivity index (χ1n) is 4.56. The molecule has 0 aliphatic heterocycles. The van der Waals surface area contributed by atoms with E-state index in [1.165, 1.54) is 0 Å². The minimum Gasteiger partial charge on any atom is -0.346 e. The Kier molecular flexibility index (Phi) is 5.93. The van der Waals surface area contributed by atoms with Gasteiger partial charge in [0.25, 0.3) is 0 Å². The minimum atomic E-state index is -0.559. The summed E-state index contributed by atoms with van der Waals surface area (Å²) in [6.07, 6.45) is 2.24. The lowest BCUT2D eigenvalue weighted by Crippen LogP contribution is -2.27. The number of carbonyl (C=O) groups excluding carboxylic acids is 2. The molecule has 0 bridgehead atoms. The smallest absolute Gasteiger partial charge is 0.238 e. The van der Waals surface area contributed by atoms with Crippen molar-refractivity contribution in [1.82, 2.24) is 10.6 Å². The zero-order valence-electron chi connectivity index (χ0n) is 8.30. The number of amides is 2. The summed E-state index contributed by atoms with van der Waals surface area (Å²) in [6.45, 7) is 2.53. The Morgan fingerprint density at radius 3 is 2.38 bits per heavy atom. The van der Waals surface area contributed by atoms with Crippen molar-refractivity contribution in [1.29, 1.82) is 0 Å². The second-order valence-corrected chi connectivity index (χ2v) is 3.09. The average Bonchev–Trinajstić information content (AvgIpc) is 2.04. The van der Waals surface area contributed by atoms with Crippen LogP contribution in [0.2, 0.25) is 0 Å². The number of carbonyl (C=O) groups is 2. The molecule has 0 fully saturated rings. The summed E-state index contributed by atoms with van der Waals surface area (Å²) in [4.78, 5) is 23.1. The van der Waals surface area contributed by atoms with Crippen molar-refractivity contribution < 1.29 is 9.59 Å². The van der Waals surface area contributed by atoms with E-state index in [1.54, 1.807) is 11.9 Å². The van der Waals surface area contributed by atoms with E-state index in [4.69, 9.17) is 5.73 Å². The third-order valence-corrected chi connectivity index (χ3v) is 1.79. The van der Waals surface area contributed by atoms with E-state index in [9.17, 15) is 9.59 Å². The number of hydrogen-bond donors (Lipinski definition) is 0. The maximum Gasteiger partial charge on any atom is 0.238 e. The summed E-state index contributed by atoms with van der Waals surface area (Å²) in [5, 5.41) is 0. The molecule has 0 aromatic carbocycles. The van der Waals surface area contributed by atoms with Crippen LogP contribution in [0.1, 0.15) is 32.6 Å². The highest BCUT2D eigenvalue weighted by atomic mass is 16.2. The molecule has 0 saturated heterocycles. The third-order valence-electron chi connectivity index (χ3n) is 1.79. The number of rotatable bonds is 6. The van der Waals surface area contributed by atoms with Gasteiger partial charge >= 0.3 is 0 Å². The maximum absolute atomic E-state index is 11.2. The van der Waals surface area contributed by atoms with Crippen LogP contribution in [0.3, 0.4) is 0 Å². The molecule has 1 N–H and O–H groups in total. The number of nitrogens with one attached hydrogen (secondary N) is 1. The van der Waals surface area contributed by atoms with Gasteiger partial charge in [-0.05, 0) is 12.8 Å². The van der Waals surface area contributed by atoms with Gasteiger partial charge in [0.2, 0.25) is 11.8 Å². The summed E-state index contributed by atoms with van der Waals surface area (Å²) < 4.78 is 0. The monoisotopic (exact) mass is 185 g/mol. The van der Waals surface area contributed by atoms with Crippen molar-refractivity contribution in [2.45, 2.75) is 32.6 Å². The van der Waals surface area contributed by atoms with Crippen molar-refractivity contribution in [3.63, 3.8) is 0 Å². The van der Waals surface area contributed by atoms with Crippen LogP contribution in [0.5, 0.6) is 0 Å². The lowest BCUT2D eigenvalue weighted by atomic mass is 10.2. The number of hydrogen-bond acceptors (Lipinski definition) is 2. The highest BCUT2D eigenvalue weighted by molar-refractivity contribution is 5.76. The van der Waals surface area contributed by atoms with Crippen molar-refractivity contribution in [2.24, 2.45) is 0 Å². The Hall–Kier alpha value is -1.06. The zero-order valence-corrected chi connectivity index (χ0v) is 8.30. The molecule has 0 unspecified atom stereocenters. The Morgan fingerprint density at radius 2 is 1.92 bits per heavy atom. The molecule has 0 rings (SSSR count). The van der Waals surface area contributed by atoms with E-state index in [0.29, 0.717) is 19.4 Å². The van der Waals surface area contributed by atoms with Crippen molar-refractivity contribution >= 4 is 11.8 Å². The standard InChI is InChI=1S/C9H17N2O2/c1-3-5-9(13)11(2)7-4-6-8(10)12/h10H,3-7H2,1-2H3. The van der Waals surface area contributed by atoms with Crippen LogP contribution in [0.25, 0.3) is 0 Å². The molecular formula is C9H17N2O2. The highest BCUT2D eigenvalue weighted by Crippen LogP contribution is 1.97. The van der Waals surface area contributed by atoms with Crippen LogP contribution in [-0.2, 0) is 9.59 Å². The first kappa shape index (κ1) is 11.9. The van der Waals surface area contributed by atoms with Gasteiger partial charge < -0.3 is 4.90 Å². The lowest BCUT2D eigenvalue weighted by Gasteiger charge is -2.15. The normalized spacial score (nSPS) is 9.69. The lowest BCUT2D eigenvalue weighted by molar-refractivity contribution is -0.130. The molecule has 4 heteroatoms. The molecular weight excluding hydrogens is 168 g/mol. The fraction of sp³-hybridized carbons (Fsp3) is 0.778. The predicted octanol–water partition coefficient (Wildman–Crippen LogP) is 0.835. The molecule has 0 aromatic rings. The Labute approximate surface area is 79.1 Å². The second-order valence-electron chi connectivity index (χ2n) is 3.09. The van der Waals surface area contributed by atoms with E-state index in [1.807, 2.05) is 6.92 Å². The molecule has 0 atom stereocenters. The van der Waals surface area contributed by atoms with Gasteiger partial charge in [0.1, 0.15) is 0 Å². The van der Waals surface area contributed by atoms with Crippen molar-refractivity contribution in [3.8, 4) is 0 Å². The van der Waals surface area contributed by atoms with Crippen LogP contribution in [0, 0.1) is 0 Å². The molecule has 0 aliphatic carbocycles. The molecule has 0 spiro atoms. The van der Waals surface area contributed by atoms with Gasteiger partial charge in [-0.15, -0.1) is 0 Å². The first-order chi connectivity index (χ1) is 6.07. The van der Waals surface area contributed by atoms with E-state index in [-0.39, 0.29) is 12.3 Å². The van der Waals surface area contributed by atoms with Gasteiger partial charge in [-0.1, -0.05) is 6.92 Å². The van der Waals surface area contributed by atoms with Gasteiger partial charge in [-0.2, -0.15) is 0 Å². The van der Waals surface area contributed by atoms with Crippen LogP contribution in [-0.4, -0.2) is 30.3 Å². The largest absolute Gasteiger partial charge is 0.346 e. The van der Waals surface area contributed by atoms with Crippen molar-refractivity contribution in [3.05, 3.63) is 0 Å². The molecule has 0 heterocycles. The van der Waals surface area contributed by atoms with Crippen LogP contribution < -0.4 is 5.73 Å². The van der Waals surface area contributed by atoms with E-state index in [0.717, 1.165) is 6.42 Å². The fourth-order valence-corrected chi connectivity index (χ4v) is 1.01. The van der Waals surface area contributed by atoms with Crippen LogP contribution in [0.4, 0.5) is 0 Å². The molecule has 0 aliphatic rings. The summed E-state index contributed by atoms with van der Waals surface area (Å²) in [5.74, 6) is -0.448. The average molecular weight is 185 g/mol. The van der Waals surface area contributed by atoms with E-state index < -0.39 is 5.91 Å². The molecule has 4 nitrogen and oxygen atoms in total. The summed E-state index contributed by atoms with van der Waals surface area (Å²) in [5.41, 5.74) is 6.67. The maximum atomic E-state index is 11.2. The molecule has 2 amide bonds. The topological polar surface area (TPSA) is 61.2 Å². The van der Waals surface area contributed by atoms with Gasteiger partial charge in [-0.3, -0.25) is 15.3 Å². The van der Waals surface area contributed by atoms with Crippen LogP contribution >= 0.6 is 0 Å². The molecule has 13 heavy (non-hydrogen) atoms. The zero-order chi connectivity index (χ0) is 10.3. The van der Waals surface area contributed by atoms with Gasteiger partial charge in [0.15, 0.2) is 0 Å². The van der Waals surface area contributed by atoms with E-state index >= 15 is 0 Å². The Morgan fingerprint density at radius 1 is 1.31 bits per heavy atom. The van der Waals surface area contributed by atoms with Gasteiger partial charge in [0, 0.05) is 26.4 Å². The highest BCUT2D eigenvalue weighted by Gasteiger charge is 2.06. The van der Waals surface area contributed by atoms with Crippen LogP contribution in [0.15, 0.2) is 0 Å². The van der Waals surface area contributed by atoms with Gasteiger partial charge in [0.05, 0.1) is 0 Å². The first-order valence-corrected chi connectivity index (χ1v) is 4.56. The molecule has 0 saturated carbocycles.